The van der Waals surface area contributed by atoms with Gasteiger partial charge < -0.3 is 10.1 Å². The third-order valence-corrected chi connectivity index (χ3v) is 6.12. The van der Waals surface area contributed by atoms with Gasteiger partial charge in [-0.2, -0.15) is 0 Å². The summed E-state index contributed by atoms with van der Waals surface area (Å²) in [6, 6.07) is 22.0. The van der Waals surface area contributed by atoms with Gasteiger partial charge in [-0.05, 0) is 75.2 Å². The van der Waals surface area contributed by atoms with E-state index in [4.69, 9.17) is 4.74 Å². The summed E-state index contributed by atoms with van der Waals surface area (Å²) in [5.41, 5.74) is 6.06. The Morgan fingerprint density at radius 2 is 1.59 bits per heavy atom. The van der Waals surface area contributed by atoms with Gasteiger partial charge in [0.1, 0.15) is 5.75 Å². The SMILES string of the molecule is CCOc1ccc(-n2c(SCC(=O)Nc3cc(C)cc(C)c3)nnc2-c2ccc(C)cc2)cc1. The van der Waals surface area contributed by atoms with Crippen molar-refractivity contribution in [1.29, 1.82) is 0 Å². The van der Waals surface area contributed by atoms with Crippen LogP contribution in [0.25, 0.3) is 17.1 Å². The summed E-state index contributed by atoms with van der Waals surface area (Å²) in [7, 11) is 0. The normalized spacial score (nSPS) is 10.8. The van der Waals surface area contributed by atoms with Gasteiger partial charge >= 0.3 is 0 Å². The second-order valence-corrected chi connectivity index (χ2v) is 9.09. The Hall–Kier alpha value is -3.58. The molecule has 1 aromatic heterocycles. The molecule has 7 heteroatoms. The summed E-state index contributed by atoms with van der Waals surface area (Å²) in [6.07, 6.45) is 0. The zero-order valence-corrected chi connectivity index (χ0v) is 20.6. The molecule has 0 bridgehead atoms. The van der Waals surface area contributed by atoms with Crippen LogP contribution in [-0.4, -0.2) is 33.0 Å². The van der Waals surface area contributed by atoms with Gasteiger partial charge in [0.15, 0.2) is 11.0 Å². The molecule has 0 spiro atoms. The Labute approximate surface area is 204 Å². The fourth-order valence-corrected chi connectivity index (χ4v) is 4.47. The minimum absolute atomic E-state index is 0.0897. The van der Waals surface area contributed by atoms with Crippen molar-refractivity contribution in [3.05, 3.63) is 83.4 Å². The number of nitrogens with one attached hydrogen (secondary N) is 1. The molecule has 0 atom stereocenters. The third kappa shape index (κ3) is 5.66. The quantitative estimate of drug-likeness (QED) is 0.319. The minimum atomic E-state index is -0.0897. The van der Waals surface area contributed by atoms with Crippen LogP contribution in [0.1, 0.15) is 23.6 Å². The number of carbonyl (C=O) groups is 1. The molecule has 0 radical (unpaired) electrons. The zero-order chi connectivity index (χ0) is 24.1. The first-order valence-electron chi connectivity index (χ1n) is 11.2. The van der Waals surface area contributed by atoms with Crippen molar-refractivity contribution in [3.63, 3.8) is 0 Å². The molecule has 3 aromatic carbocycles. The molecule has 0 unspecified atom stereocenters. The molecule has 0 aliphatic heterocycles. The van der Waals surface area contributed by atoms with E-state index >= 15 is 0 Å². The number of carbonyl (C=O) groups excluding carboxylic acids is 1. The smallest absolute Gasteiger partial charge is 0.234 e. The number of nitrogens with zero attached hydrogens (tertiary/aromatic N) is 3. The van der Waals surface area contributed by atoms with E-state index in [1.54, 1.807) is 0 Å². The maximum atomic E-state index is 12.7. The topological polar surface area (TPSA) is 69.0 Å². The molecule has 0 saturated carbocycles. The molecule has 6 nitrogen and oxygen atoms in total. The maximum Gasteiger partial charge on any atom is 0.234 e. The number of aromatic nitrogens is 3. The van der Waals surface area contributed by atoms with Crippen molar-refractivity contribution in [1.82, 2.24) is 14.8 Å². The molecule has 1 heterocycles. The van der Waals surface area contributed by atoms with Crippen LogP contribution in [0.4, 0.5) is 5.69 Å². The van der Waals surface area contributed by atoms with E-state index in [1.807, 2.05) is 73.9 Å². The lowest BCUT2D eigenvalue weighted by Crippen LogP contribution is -2.14. The molecule has 34 heavy (non-hydrogen) atoms. The number of thioether (sulfide) groups is 1. The van der Waals surface area contributed by atoms with Crippen LogP contribution in [0, 0.1) is 20.8 Å². The van der Waals surface area contributed by atoms with Crippen molar-refractivity contribution in [2.75, 3.05) is 17.7 Å². The first kappa shape index (κ1) is 23.6. The van der Waals surface area contributed by atoms with Crippen LogP contribution in [0.2, 0.25) is 0 Å². The summed E-state index contributed by atoms with van der Waals surface area (Å²) in [5, 5.41) is 12.5. The predicted octanol–water partition coefficient (Wildman–Crippen LogP) is 5.99. The Morgan fingerprint density at radius 3 is 2.24 bits per heavy atom. The fourth-order valence-electron chi connectivity index (χ4n) is 3.72. The van der Waals surface area contributed by atoms with Gasteiger partial charge in [-0.1, -0.05) is 47.7 Å². The summed E-state index contributed by atoms with van der Waals surface area (Å²) in [6.45, 7) is 8.65. The maximum absolute atomic E-state index is 12.7. The lowest BCUT2D eigenvalue weighted by atomic mass is 10.1. The fraction of sp³-hybridized carbons (Fsp3) is 0.222. The number of rotatable bonds is 8. The molecule has 0 saturated heterocycles. The van der Waals surface area contributed by atoms with Gasteiger partial charge in [0.25, 0.3) is 0 Å². The van der Waals surface area contributed by atoms with Gasteiger partial charge in [0.2, 0.25) is 5.91 Å². The highest BCUT2D eigenvalue weighted by molar-refractivity contribution is 7.99. The molecular formula is C27H28N4O2S. The van der Waals surface area contributed by atoms with E-state index in [9.17, 15) is 4.79 Å². The van der Waals surface area contributed by atoms with E-state index in [0.29, 0.717) is 11.8 Å². The van der Waals surface area contributed by atoms with E-state index in [-0.39, 0.29) is 11.7 Å². The van der Waals surface area contributed by atoms with Gasteiger partial charge in [0, 0.05) is 16.9 Å². The zero-order valence-electron chi connectivity index (χ0n) is 19.8. The Bertz CT molecular complexity index is 1260. The Balaban J connectivity index is 1.60. The van der Waals surface area contributed by atoms with Crippen LogP contribution >= 0.6 is 11.8 Å². The van der Waals surface area contributed by atoms with Crippen molar-refractivity contribution in [2.45, 2.75) is 32.9 Å². The number of amides is 1. The average molecular weight is 473 g/mol. The van der Waals surface area contributed by atoms with E-state index < -0.39 is 0 Å². The van der Waals surface area contributed by atoms with Crippen molar-refractivity contribution >= 4 is 23.4 Å². The first-order valence-corrected chi connectivity index (χ1v) is 12.2. The van der Waals surface area contributed by atoms with E-state index in [1.165, 1.54) is 17.3 Å². The number of hydrogen-bond donors (Lipinski definition) is 1. The second-order valence-electron chi connectivity index (χ2n) is 8.15. The summed E-state index contributed by atoms with van der Waals surface area (Å²) >= 11 is 1.36. The molecule has 4 rings (SSSR count). The van der Waals surface area contributed by atoms with Gasteiger partial charge in [-0.15, -0.1) is 10.2 Å². The van der Waals surface area contributed by atoms with Gasteiger partial charge in [0.05, 0.1) is 12.4 Å². The van der Waals surface area contributed by atoms with Crippen molar-refractivity contribution < 1.29 is 9.53 Å². The lowest BCUT2D eigenvalue weighted by molar-refractivity contribution is -0.113. The highest BCUT2D eigenvalue weighted by Crippen LogP contribution is 2.29. The molecule has 0 fully saturated rings. The summed E-state index contributed by atoms with van der Waals surface area (Å²) in [5.74, 6) is 1.66. The number of benzene rings is 3. The molecular weight excluding hydrogens is 444 g/mol. The van der Waals surface area contributed by atoms with Crippen molar-refractivity contribution in [2.24, 2.45) is 0 Å². The molecule has 0 aliphatic carbocycles. The monoisotopic (exact) mass is 472 g/mol. The number of anilines is 1. The van der Waals surface area contributed by atoms with Crippen molar-refractivity contribution in [3.8, 4) is 22.8 Å². The highest BCUT2D eigenvalue weighted by atomic mass is 32.2. The van der Waals surface area contributed by atoms with Gasteiger partial charge in [-0.25, -0.2) is 0 Å². The standard InChI is InChI=1S/C27H28N4O2S/c1-5-33-24-12-10-23(11-13-24)31-26(21-8-6-18(2)7-9-21)29-30-27(31)34-17-25(32)28-22-15-19(3)14-20(4)16-22/h6-16H,5,17H2,1-4H3,(H,28,32). The number of aryl methyl sites for hydroxylation is 3. The molecule has 4 aromatic rings. The second kappa shape index (κ2) is 10.6. The minimum Gasteiger partial charge on any atom is -0.494 e. The summed E-state index contributed by atoms with van der Waals surface area (Å²) in [4.78, 5) is 12.7. The van der Waals surface area contributed by atoms with Crippen LogP contribution < -0.4 is 10.1 Å². The Kier molecular flexibility index (Phi) is 7.33. The van der Waals surface area contributed by atoms with Crippen LogP contribution in [0.15, 0.2) is 71.9 Å². The largest absolute Gasteiger partial charge is 0.494 e. The number of hydrogen-bond acceptors (Lipinski definition) is 5. The van der Waals surface area contributed by atoms with Crippen LogP contribution in [-0.2, 0) is 4.79 Å². The summed E-state index contributed by atoms with van der Waals surface area (Å²) < 4.78 is 7.57. The molecule has 0 aliphatic rings. The van der Waals surface area contributed by atoms with Gasteiger partial charge in [-0.3, -0.25) is 9.36 Å². The number of ether oxygens (including phenoxy) is 1. The lowest BCUT2D eigenvalue weighted by Gasteiger charge is -2.12. The van der Waals surface area contributed by atoms with Crippen LogP contribution in [0.3, 0.4) is 0 Å². The Morgan fingerprint density at radius 1 is 0.912 bits per heavy atom. The average Bonchev–Trinajstić information content (AvgIpc) is 3.22. The molecule has 174 valence electrons. The molecule has 1 N–H and O–H groups in total. The van der Waals surface area contributed by atoms with E-state index in [0.717, 1.165) is 39.6 Å². The highest BCUT2D eigenvalue weighted by Gasteiger charge is 2.17. The first-order chi connectivity index (χ1) is 16.4. The van der Waals surface area contributed by atoms with E-state index in [2.05, 4.69) is 40.6 Å². The third-order valence-electron chi connectivity index (χ3n) is 5.19. The predicted molar refractivity (Wildman–Crippen MR) is 138 cm³/mol. The van der Waals surface area contributed by atoms with Crippen LogP contribution in [0.5, 0.6) is 5.75 Å². The molecule has 1 amide bonds.